The molecule has 15 nitrogen and oxygen atoms in total. The first-order chi connectivity index (χ1) is 29.7. The minimum absolute atomic E-state index is 0.0243. The Balaban J connectivity index is 1.29. The van der Waals surface area contributed by atoms with Crippen molar-refractivity contribution in [2.45, 2.75) is 147 Å². The first-order valence-corrected chi connectivity index (χ1v) is 22.8. The molecule has 5 rings (SSSR count). The monoisotopic (exact) mass is 882 g/mol. The van der Waals surface area contributed by atoms with Gasteiger partial charge in [0.05, 0.1) is 13.7 Å². The second kappa shape index (κ2) is 23.6. The summed E-state index contributed by atoms with van der Waals surface area (Å²) in [6, 6.07) is 19.3. The zero-order chi connectivity index (χ0) is 44.9. The normalized spacial score (nSPS) is 30.0. The van der Waals surface area contributed by atoms with Crippen LogP contribution in [-0.4, -0.2) is 129 Å². The van der Waals surface area contributed by atoms with Crippen LogP contribution in [0.4, 0.5) is 4.79 Å². The number of rotatable bonds is 21. The Morgan fingerprint density at radius 2 is 1.69 bits per heavy atom. The zero-order valence-corrected chi connectivity index (χ0v) is 38.0. The predicted octanol–water partition coefficient (Wildman–Crippen LogP) is 5.54. The Bertz CT molecular complexity index is 1730. The van der Waals surface area contributed by atoms with Gasteiger partial charge in [-0.15, -0.1) is 0 Å². The Kier molecular flexibility index (Phi) is 18.9. The number of carbonyl (C=O) groups excluding carboxylic acids is 3. The van der Waals surface area contributed by atoms with Gasteiger partial charge in [0, 0.05) is 13.1 Å². The summed E-state index contributed by atoms with van der Waals surface area (Å²) in [5, 5.41) is 11.7. The number of aliphatic hydroxyl groups excluding tert-OH is 1. The van der Waals surface area contributed by atoms with Crippen LogP contribution in [-0.2, 0) is 70.1 Å². The molecule has 3 heterocycles. The molecule has 1 radical (unpaired) electrons. The van der Waals surface area contributed by atoms with Crippen molar-refractivity contribution in [1.29, 1.82) is 0 Å². The van der Waals surface area contributed by atoms with Crippen LogP contribution in [0.25, 0.3) is 0 Å². The zero-order valence-electron chi connectivity index (χ0n) is 37.0. The number of aliphatic hydroxyl groups is 1. The van der Waals surface area contributed by atoms with E-state index in [2.05, 4.69) is 0 Å². The van der Waals surface area contributed by atoms with E-state index in [0.717, 1.165) is 11.1 Å². The number of esters is 2. The molecule has 339 valence electrons. The number of hydrogen-bond acceptors (Lipinski definition) is 14. The van der Waals surface area contributed by atoms with Crippen LogP contribution in [0.2, 0.25) is 0 Å². The van der Waals surface area contributed by atoms with Crippen molar-refractivity contribution < 1.29 is 66.8 Å². The quantitative estimate of drug-likeness (QED) is 0.0544. The van der Waals surface area contributed by atoms with E-state index in [0.29, 0.717) is 45.8 Å². The summed E-state index contributed by atoms with van der Waals surface area (Å²) in [6.45, 7) is 13.3. The van der Waals surface area contributed by atoms with Gasteiger partial charge in [0.15, 0.2) is 0 Å². The van der Waals surface area contributed by atoms with Crippen LogP contribution in [0, 0.1) is 11.8 Å². The molecule has 18 heteroatoms. The van der Waals surface area contributed by atoms with Crippen molar-refractivity contribution in [3.63, 3.8) is 0 Å². The fraction of sp³-hybridized carbons (Fsp3) is 0.659. The van der Waals surface area contributed by atoms with Crippen LogP contribution >= 0.6 is 8.46 Å². The molecule has 0 saturated carbocycles. The van der Waals surface area contributed by atoms with E-state index in [4.69, 9.17) is 42.6 Å². The summed E-state index contributed by atoms with van der Waals surface area (Å²) >= 11 is 0. The van der Waals surface area contributed by atoms with Crippen LogP contribution in [0.1, 0.15) is 84.8 Å². The summed E-state index contributed by atoms with van der Waals surface area (Å²) in [4.78, 5) is 41.1. The minimum atomic E-state index is -1.84. The third-order valence-corrected chi connectivity index (χ3v) is 12.9. The number of unbranched alkanes of at least 4 members (excludes halogenated alkanes) is 2. The van der Waals surface area contributed by atoms with Crippen molar-refractivity contribution in [2.24, 2.45) is 11.8 Å². The van der Waals surface area contributed by atoms with Gasteiger partial charge in [-0.25, -0.2) is 9.59 Å². The van der Waals surface area contributed by atoms with E-state index in [9.17, 15) is 24.2 Å². The molecule has 2 aromatic rings. The van der Waals surface area contributed by atoms with Gasteiger partial charge in [-0.3, -0.25) is 0 Å². The van der Waals surface area contributed by atoms with E-state index in [1.54, 1.807) is 18.7 Å². The van der Waals surface area contributed by atoms with E-state index in [1.807, 2.05) is 81.4 Å². The molecule has 3 aliphatic rings. The van der Waals surface area contributed by atoms with Crippen molar-refractivity contribution in [1.82, 2.24) is 4.90 Å². The van der Waals surface area contributed by atoms with Gasteiger partial charge in [-0.05, 0) is 44.2 Å². The van der Waals surface area contributed by atoms with Gasteiger partial charge in [0.1, 0.15) is 6.61 Å². The number of hydrogen-bond donors (Lipinski definition) is 1. The molecule has 5 unspecified atom stereocenters. The average Bonchev–Trinajstić information content (AvgIpc) is 3.63. The van der Waals surface area contributed by atoms with E-state index in [1.165, 1.54) is 20.9 Å². The second-order valence-electron chi connectivity index (χ2n) is 16.7. The molecule has 0 spiro atoms. The molecule has 3 saturated heterocycles. The van der Waals surface area contributed by atoms with Crippen molar-refractivity contribution in [3.05, 3.63) is 71.8 Å². The summed E-state index contributed by atoms with van der Waals surface area (Å²) in [5.41, 5.74) is 1.35. The number of benzene rings is 2. The van der Waals surface area contributed by atoms with Gasteiger partial charge in [-0.1, -0.05) is 60.7 Å². The van der Waals surface area contributed by atoms with Crippen molar-refractivity contribution >= 4 is 40.4 Å². The molecular weight excluding hydrogens is 819 g/mol. The molecule has 2 aromatic carbocycles. The molecule has 1 N–H and O–H groups in total. The Labute approximate surface area is 368 Å². The van der Waals surface area contributed by atoms with Crippen molar-refractivity contribution in [3.8, 4) is 0 Å². The van der Waals surface area contributed by atoms with Crippen LogP contribution < -0.4 is 0 Å². The Morgan fingerprint density at radius 1 is 1.00 bits per heavy atom. The molecular formula is C44H63B2NO14P. The topological polar surface area (TPSA) is 175 Å². The van der Waals surface area contributed by atoms with Gasteiger partial charge in [0.2, 0.25) is 0 Å². The third kappa shape index (κ3) is 13.4. The Hall–Kier alpha value is -3.27. The van der Waals surface area contributed by atoms with Gasteiger partial charge < -0.3 is 14.4 Å². The van der Waals surface area contributed by atoms with E-state index in [-0.39, 0.29) is 40.6 Å². The third-order valence-electron chi connectivity index (χ3n) is 11.6. The molecule has 12 atom stereocenters. The summed E-state index contributed by atoms with van der Waals surface area (Å²) < 4.78 is 66.7. The first kappa shape index (κ1) is 49.7. The molecule has 62 heavy (non-hydrogen) atoms. The van der Waals surface area contributed by atoms with Crippen LogP contribution in [0.15, 0.2) is 60.7 Å². The average molecular weight is 883 g/mol. The van der Waals surface area contributed by atoms with Crippen molar-refractivity contribution in [2.75, 3.05) is 26.9 Å². The van der Waals surface area contributed by atoms with Gasteiger partial charge >= 0.3 is 207 Å². The summed E-state index contributed by atoms with van der Waals surface area (Å²) in [6.07, 6.45) is -4.58. The SMILES string of the molecule is CC[C@H](C)C1O[C@H](O[C@@H]2C(C)C[C@](OCCCCCN(Cc3ccccc3)C(=O)OCc3ccccc3)(C(=O)OC)OC2[C@H]2COC(C)(C)O2)[C@H](OC(C)=O)C(O)[C@@H]1P[B]B=O. The molecule has 0 aliphatic carbocycles. The Morgan fingerprint density at radius 3 is 2.31 bits per heavy atom. The summed E-state index contributed by atoms with van der Waals surface area (Å²) in [5.74, 6) is -4.69. The standard InChI is InChI=1S/C44H63B2NO14P/c1-8-28(2)36-39(62-46-45-52)34(49)38(57-30(4)48)40(59-36)58-35-29(3)24-44(41(50)53-7,61-37(35)33-27-56-43(5,6)60-33)55-23-17-11-16-22-47(25-31-18-12-9-13-19-31)42(51)54-26-32-20-14-10-15-21-32/h9-10,12-15,18-21,28-29,33-40,49,62H,8,11,16-17,22-27H2,1-7H3/t28-,29?,33+,34?,35+,36?,37?,38+,39-,40-,44+/m0/s1. The van der Waals surface area contributed by atoms with Gasteiger partial charge in [-0.2, -0.15) is 0 Å². The number of ether oxygens (including phenoxy) is 9. The molecule has 3 fully saturated rings. The molecule has 0 bridgehead atoms. The number of methoxy groups -OCH3 is 1. The maximum absolute atomic E-state index is 13.7. The second-order valence-corrected chi connectivity index (χ2v) is 18.1. The summed E-state index contributed by atoms with van der Waals surface area (Å²) in [7, 11) is 1.86. The fourth-order valence-electron chi connectivity index (χ4n) is 8.20. The van der Waals surface area contributed by atoms with Crippen LogP contribution in [0.3, 0.4) is 0 Å². The predicted molar refractivity (Wildman–Crippen MR) is 230 cm³/mol. The first-order valence-electron chi connectivity index (χ1n) is 21.6. The fourth-order valence-corrected chi connectivity index (χ4v) is 9.49. The van der Waals surface area contributed by atoms with Gasteiger partial charge in [0.25, 0.3) is 0 Å². The number of amides is 1. The number of carbonyl (C=O) groups is 3. The molecule has 3 aliphatic heterocycles. The van der Waals surface area contributed by atoms with Crippen LogP contribution in [0.5, 0.6) is 0 Å². The van der Waals surface area contributed by atoms with E-state index < -0.39 is 84.1 Å². The maximum atomic E-state index is 13.7. The van der Waals surface area contributed by atoms with E-state index >= 15 is 0 Å². The molecule has 1 amide bonds. The number of nitrogens with zero attached hydrogens (tertiary/aromatic N) is 1. The molecule has 0 aromatic heterocycles.